The zero-order valence-corrected chi connectivity index (χ0v) is 6.69. The van der Waals surface area contributed by atoms with Crippen LogP contribution >= 0.6 is 0 Å². The Kier molecular flexibility index (Phi) is 3.02. The molecule has 70 valence electrons. The lowest BCUT2D eigenvalue weighted by Crippen LogP contribution is -2.30. The van der Waals surface area contributed by atoms with Gasteiger partial charge in [0.15, 0.2) is 6.39 Å². The van der Waals surface area contributed by atoms with Gasteiger partial charge in [-0.1, -0.05) is 0 Å². The molecule has 1 heterocycles. The molecule has 0 fully saturated rings. The number of carbonyl (C=O) groups excluding carboxylic acids is 1. The molecule has 1 amide bonds. The minimum absolute atomic E-state index is 0.0315. The molecule has 0 radical (unpaired) electrons. The molecule has 0 aliphatic rings. The number of amides is 1. The number of oxazole rings is 1. The molecule has 0 bridgehead atoms. The van der Waals surface area contributed by atoms with Gasteiger partial charge in [-0.15, -0.1) is 0 Å². The van der Waals surface area contributed by atoms with Gasteiger partial charge < -0.3 is 14.8 Å². The van der Waals surface area contributed by atoms with Crippen molar-refractivity contribution in [1.29, 1.82) is 0 Å². The van der Waals surface area contributed by atoms with Crippen LogP contribution in [0.5, 0.6) is 0 Å². The fourth-order valence-corrected chi connectivity index (χ4v) is 0.726. The summed E-state index contributed by atoms with van der Waals surface area (Å²) in [5.74, 6) is -1.47. The van der Waals surface area contributed by atoms with Gasteiger partial charge in [0.2, 0.25) is 5.91 Å². The second-order valence-electron chi connectivity index (χ2n) is 2.33. The second-order valence-corrected chi connectivity index (χ2v) is 2.33. The summed E-state index contributed by atoms with van der Waals surface area (Å²) in [4.78, 5) is 24.7. The number of nitrogens with zero attached hydrogens (tertiary/aromatic N) is 1. The first-order valence-electron chi connectivity index (χ1n) is 3.54. The summed E-state index contributed by atoms with van der Waals surface area (Å²) < 4.78 is 4.63. The summed E-state index contributed by atoms with van der Waals surface area (Å²) in [7, 11) is 0. The number of nitrogens with one attached hydrogen (secondary N) is 1. The van der Waals surface area contributed by atoms with Crippen molar-refractivity contribution < 1.29 is 19.1 Å². The Morgan fingerprint density at radius 1 is 1.62 bits per heavy atom. The van der Waals surface area contributed by atoms with E-state index >= 15 is 0 Å². The third-order valence-electron chi connectivity index (χ3n) is 1.26. The number of aliphatic carboxylic acids is 1. The molecule has 1 rings (SSSR count). The van der Waals surface area contributed by atoms with Crippen LogP contribution in [0, 0.1) is 0 Å². The van der Waals surface area contributed by atoms with E-state index in [-0.39, 0.29) is 13.0 Å². The molecule has 0 saturated carbocycles. The van der Waals surface area contributed by atoms with E-state index in [9.17, 15) is 9.59 Å². The molecule has 0 aromatic carbocycles. The third-order valence-corrected chi connectivity index (χ3v) is 1.26. The van der Waals surface area contributed by atoms with Gasteiger partial charge >= 0.3 is 5.97 Å². The van der Waals surface area contributed by atoms with Crippen molar-refractivity contribution >= 4 is 11.9 Å². The van der Waals surface area contributed by atoms with E-state index in [0.29, 0.717) is 5.69 Å². The van der Waals surface area contributed by atoms with Crippen molar-refractivity contribution in [3.8, 4) is 0 Å². The Morgan fingerprint density at radius 2 is 2.38 bits per heavy atom. The monoisotopic (exact) mass is 184 g/mol. The average molecular weight is 184 g/mol. The van der Waals surface area contributed by atoms with Crippen LogP contribution in [0.1, 0.15) is 5.69 Å². The van der Waals surface area contributed by atoms with Crippen LogP contribution < -0.4 is 5.32 Å². The second kappa shape index (κ2) is 4.24. The van der Waals surface area contributed by atoms with Crippen molar-refractivity contribution in [3.05, 3.63) is 18.4 Å². The van der Waals surface area contributed by atoms with Crippen molar-refractivity contribution in [2.45, 2.75) is 6.42 Å². The SMILES string of the molecule is O=C(O)CNC(=O)Cc1cocn1. The van der Waals surface area contributed by atoms with Gasteiger partial charge in [0.1, 0.15) is 12.8 Å². The molecule has 13 heavy (non-hydrogen) atoms. The van der Waals surface area contributed by atoms with Crippen LogP contribution in [0.2, 0.25) is 0 Å². The number of carbonyl (C=O) groups is 2. The van der Waals surface area contributed by atoms with Crippen LogP contribution in [0.4, 0.5) is 0 Å². The summed E-state index contributed by atoms with van der Waals surface area (Å²) in [5.41, 5.74) is 0.475. The number of hydrogen-bond acceptors (Lipinski definition) is 4. The minimum Gasteiger partial charge on any atom is -0.480 e. The topological polar surface area (TPSA) is 92.4 Å². The van der Waals surface area contributed by atoms with Gasteiger partial charge in [-0.2, -0.15) is 0 Å². The van der Waals surface area contributed by atoms with Crippen LogP contribution in [0.3, 0.4) is 0 Å². The highest BCUT2D eigenvalue weighted by atomic mass is 16.4. The van der Waals surface area contributed by atoms with Gasteiger partial charge in [0.05, 0.1) is 12.1 Å². The number of hydrogen-bond donors (Lipinski definition) is 2. The number of carboxylic acid groups (broad SMARTS) is 1. The van der Waals surface area contributed by atoms with Gasteiger partial charge in [0.25, 0.3) is 0 Å². The van der Waals surface area contributed by atoms with Crippen molar-refractivity contribution in [3.63, 3.8) is 0 Å². The molecular formula is C7H8N2O4. The normalized spacial score (nSPS) is 9.54. The largest absolute Gasteiger partial charge is 0.480 e. The summed E-state index contributed by atoms with van der Waals surface area (Å²) >= 11 is 0. The van der Waals surface area contributed by atoms with Gasteiger partial charge in [-0.3, -0.25) is 9.59 Å². The first-order chi connectivity index (χ1) is 6.18. The third kappa shape index (κ3) is 3.37. The Morgan fingerprint density at radius 3 is 2.92 bits per heavy atom. The van der Waals surface area contributed by atoms with Crippen LogP contribution in [0.15, 0.2) is 17.1 Å². The highest BCUT2D eigenvalue weighted by Crippen LogP contribution is 1.94. The lowest BCUT2D eigenvalue weighted by Gasteiger charge is -1.98. The van der Waals surface area contributed by atoms with Crippen LogP contribution in [-0.2, 0) is 16.0 Å². The summed E-state index contributed by atoms with van der Waals surface area (Å²) in [6, 6.07) is 0. The molecule has 1 aromatic rings. The number of carboxylic acids is 1. The van der Waals surface area contributed by atoms with Crippen LogP contribution in [-0.4, -0.2) is 28.5 Å². The van der Waals surface area contributed by atoms with E-state index in [1.54, 1.807) is 0 Å². The molecular weight excluding hydrogens is 176 g/mol. The lowest BCUT2D eigenvalue weighted by molar-refractivity contribution is -0.137. The number of aromatic nitrogens is 1. The standard InChI is InChI=1S/C7H8N2O4/c10-6(8-2-7(11)12)1-5-3-13-4-9-5/h3-4H,1-2H2,(H,8,10)(H,11,12). The summed E-state index contributed by atoms with van der Waals surface area (Å²) in [5, 5.41) is 10.4. The molecule has 2 N–H and O–H groups in total. The molecule has 1 aromatic heterocycles. The quantitative estimate of drug-likeness (QED) is 0.652. The average Bonchev–Trinajstić information content (AvgIpc) is 2.53. The smallest absolute Gasteiger partial charge is 0.322 e. The predicted octanol–water partition coefficient (Wildman–Crippen LogP) is -0.582. The highest BCUT2D eigenvalue weighted by molar-refractivity contribution is 5.82. The molecule has 0 aliphatic heterocycles. The fourth-order valence-electron chi connectivity index (χ4n) is 0.726. The lowest BCUT2D eigenvalue weighted by atomic mass is 10.3. The fraction of sp³-hybridized carbons (Fsp3) is 0.286. The van der Waals surface area contributed by atoms with Crippen molar-refractivity contribution in [2.75, 3.05) is 6.54 Å². The Labute approximate surface area is 73.6 Å². The maximum Gasteiger partial charge on any atom is 0.322 e. The Balaban J connectivity index is 2.30. The highest BCUT2D eigenvalue weighted by Gasteiger charge is 2.06. The van der Waals surface area contributed by atoms with E-state index in [0.717, 1.165) is 0 Å². The molecule has 0 spiro atoms. The van der Waals surface area contributed by atoms with Crippen LogP contribution in [0.25, 0.3) is 0 Å². The van der Waals surface area contributed by atoms with Gasteiger partial charge in [-0.05, 0) is 0 Å². The van der Waals surface area contributed by atoms with E-state index in [4.69, 9.17) is 5.11 Å². The van der Waals surface area contributed by atoms with E-state index in [1.807, 2.05) is 0 Å². The van der Waals surface area contributed by atoms with Crippen molar-refractivity contribution in [2.24, 2.45) is 0 Å². The minimum atomic E-state index is -1.08. The van der Waals surface area contributed by atoms with Gasteiger partial charge in [0, 0.05) is 0 Å². The maximum atomic E-state index is 11.0. The zero-order chi connectivity index (χ0) is 9.68. The Bertz CT molecular complexity index is 293. The zero-order valence-electron chi connectivity index (χ0n) is 6.69. The maximum absolute atomic E-state index is 11.0. The first-order valence-corrected chi connectivity index (χ1v) is 3.54. The first kappa shape index (κ1) is 9.24. The number of rotatable bonds is 4. The molecule has 0 atom stereocenters. The molecule has 0 unspecified atom stereocenters. The van der Waals surface area contributed by atoms with E-state index < -0.39 is 11.9 Å². The van der Waals surface area contributed by atoms with Gasteiger partial charge in [-0.25, -0.2) is 4.98 Å². The summed E-state index contributed by atoms with van der Waals surface area (Å²) in [6.45, 7) is -0.378. The Hall–Kier alpha value is -1.85. The summed E-state index contributed by atoms with van der Waals surface area (Å²) in [6.07, 6.45) is 2.57. The van der Waals surface area contributed by atoms with E-state index in [2.05, 4.69) is 14.7 Å². The van der Waals surface area contributed by atoms with E-state index in [1.165, 1.54) is 12.7 Å². The molecule has 6 heteroatoms. The predicted molar refractivity (Wildman–Crippen MR) is 40.9 cm³/mol. The molecule has 0 saturated heterocycles. The molecule has 0 aliphatic carbocycles. The molecule has 6 nitrogen and oxygen atoms in total. The van der Waals surface area contributed by atoms with Crippen molar-refractivity contribution in [1.82, 2.24) is 10.3 Å².